The highest BCUT2D eigenvalue weighted by Crippen LogP contribution is 2.33. The number of nitrogens with one attached hydrogen (secondary N) is 2. The molecule has 19 nitrogen and oxygen atoms in total. The van der Waals surface area contributed by atoms with Crippen molar-refractivity contribution in [3.63, 3.8) is 0 Å². The normalized spacial score (nSPS) is 30.0. The molecule has 264 valence electrons. The van der Waals surface area contributed by atoms with Crippen LogP contribution in [0.2, 0.25) is 0 Å². The molecule has 2 aliphatic heterocycles. The van der Waals surface area contributed by atoms with E-state index in [1.165, 1.54) is 0 Å². The minimum absolute atomic E-state index is 0.549. The van der Waals surface area contributed by atoms with Gasteiger partial charge in [-0.25, -0.2) is 0 Å². The molecule has 2 rings (SSSR count). The average molecular weight is 677 g/mol. The maximum Gasteiger partial charge on any atom is 0.305 e. The van der Waals surface area contributed by atoms with Crippen molar-refractivity contribution in [1.82, 2.24) is 10.6 Å². The van der Waals surface area contributed by atoms with Gasteiger partial charge in [-0.2, -0.15) is 0 Å². The van der Waals surface area contributed by atoms with Crippen molar-refractivity contribution in [1.29, 1.82) is 0 Å². The monoisotopic (exact) mass is 676 g/mol. The molecule has 2 N–H and O–H groups in total. The summed E-state index contributed by atoms with van der Waals surface area (Å²) in [4.78, 5) is 96.7. The van der Waals surface area contributed by atoms with Crippen molar-refractivity contribution in [2.45, 2.75) is 117 Å². The highest BCUT2D eigenvalue weighted by atomic mass is 16.8. The van der Waals surface area contributed by atoms with E-state index < -0.39 is 122 Å². The van der Waals surface area contributed by atoms with Gasteiger partial charge < -0.3 is 53.3 Å². The lowest BCUT2D eigenvalue weighted by atomic mass is 9.94. The van der Waals surface area contributed by atoms with Crippen molar-refractivity contribution in [2.24, 2.45) is 0 Å². The summed E-state index contributed by atoms with van der Waals surface area (Å²) in [7, 11) is 0. The van der Waals surface area contributed by atoms with Gasteiger partial charge in [0.25, 0.3) is 0 Å². The second-order valence-corrected chi connectivity index (χ2v) is 10.6. The highest BCUT2D eigenvalue weighted by molar-refractivity contribution is 5.74. The van der Waals surface area contributed by atoms with Gasteiger partial charge in [0.15, 0.2) is 24.6 Å². The molecule has 2 saturated heterocycles. The predicted molar refractivity (Wildman–Crippen MR) is 149 cm³/mol. The Morgan fingerprint density at radius 1 is 0.468 bits per heavy atom. The van der Waals surface area contributed by atoms with Crippen molar-refractivity contribution in [2.75, 3.05) is 13.2 Å². The van der Waals surface area contributed by atoms with E-state index in [-0.39, 0.29) is 0 Å². The standard InChI is InChI=1S/C28H40N2O17/c1-11(31)29-21-26(43-17(7)37)24(20(10-40-14(4)34)45-27(21)44-18(8)38)47-28-22(30-12(2)32)25(42-16(6)36)23(41-15(5)35)19(46-28)9-39-13(3)33/h19-28H,9-10H2,1-8H3,(H,29,31)(H,30,32). The molecule has 2 aliphatic rings. The Labute approximate surface area is 269 Å². The maximum atomic E-state index is 12.4. The first-order chi connectivity index (χ1) is 21.9. The number of rotatable bonds is 12. The van der Waals surface area contributed by atoms with E-state index in [1.54, 1.807) is 0 Å². The Hall–Kier alpha value is -4.36. The lowest BCUT2D eigenvalue weighted by Crippen LogP contribution is -2.70. The zero-order chi connectivity index (χ0) is 35.6. The molecule has 0 aliphatic carbocycles. The van der Waals surface area contributed by atoms with Gasteiger partial charge in [0.1, 0.15) is 43.6 Å². The molecule has 10 atom stereocenters. The molecule has 0 saturated carbocycles. The van der Waals surface area contributed by atoms with E-state index in [9.17, 15) is 38.4 Å². The van der Waals surface area contributed by atoms with Gasteiger partial charge in [-0.1, -0.05) is 0 Å². The minimum Gasteiger partial charge on any atom is -0.463 e. The van der Waals surface area contributed by atoms with Crippen LogP contribution < -0.4 is 10.6 Å². The number of carbonyl (C=O) groups is 8. The van der Waals surface area contributed by atoms with E-state index in [1.807, 2.05) is 0 Å². The molecular weight excluding hydrogens is 636 g/mol. The summed E-state index contributed by atoms with van der Waals surface area (Å²) in [6, 6.07) is -2.86. The molecular formula is C28H40N2O17. The van der Waals surface area contributed by atoms with Crippen LogP contribution in [0, 0.1) is 0 Å². The molecule has 19 heteroatoms. The fourth-order valence-electron chi connectivity index (χ4n) is 4.95. The summed E-state index contributed by atoms with van der Waals surface area (Å²) in [6.45, 7) is 7.56. The maximum absolute atomic E-state index is 12.4. The van der Waals surface area contributed by atoms with Gasteiger partial charge >= 0.3 is 35.8 Å². The summed E-state index contributed by atoms with van der Waals surface area (Å²) in [5, 5.41) is 5.02. The molecule has 2 heterocycles. The summed E-state index contributed by atoms with van der Waals surface area (Å²) < 4.78 is 50.1. The summed E-state index contributed by atoms with van der Waals surface area (Å²) in [6.07, 6.45) is -12.1. The van der Waals surface area contributed by atoms with E-state index in [0.717, 1.165) is 55.4 Å². The third kappa shape index (κ3) is 12.1. The molecule has 0 aromatic carbocycles. The van der Waals surface area contributed by atoms with E-state index in [4.69, 9.17) is 42.6 Å². The van der Waals surface area contributed by atoms with Crippen LogP contribution in [-0.4, -0.2) is 122 Å². The van der Waals surface area contributed by atoms with Gasteiger partial charge in [-0.05, 0) is 0 Å². The van der Waals surface area contributed by atoms with Gasteiger partial charge in [-0.3, -0.25) is 38.4 Å². The zero-order valence-corrected chi connectivity index (χ0v) is 27.1. The molecule has 0 bridgehead atoms. The minimum atomic E-state index is -1.69. The third-order valence-corrected chi connectivity index (χ3v) is 6.41. The van der Waals surface area contributed by atoms with Crippen LogP contribution in [0.4, 0.5) is 0 Å². The Balaban J connectivity index is 2.73. The van der Waals surface area contributed by atoms with E-state index in [2.05, 4.69) is 10.6 Å². The number of carbonyl (C=O) groups excluding carboxylic acids is 8. The summed E-state index contributed by atoms with van der Waals surface area (Å²) in [5.74, 6) is -6.25. The van der Waals surface area contributed by atoms with Crippen LogP contribution in [0.15, 0.2) is 0 Å². The molecule has 0 spiro atoms. The van der Waals surface area contributed by atoms with Gasteiger partial charge in [0.05, 0.1) is 0 Å². The lowest BCUT2D eigenvalue weighted by Gasteiger charge is -2.49. The Kier molecular flexibility index (Phi) is 14.5. The van der Waals surface area contributed by atoms with Crippen molar-refractivity contribution in [3.05, 3.63) is 0 Å². The van der Waals surface area contributed by atoms with Crippen molar-refractivity contribution in [3.8, 4) is 0 Å². The van der Waals surface area contributed by atoms with E-state index in [0.29, 0.717) is 0 Å². The molecule has 0 aromatic rings. The highest BCUT2D eigenvalue weighted by Gasteiger charge is 2.56. The molecule has 10 unspecified atom stereocenters. The van der Waals surface area contributed by atoms with Crippen LogP contribution in [0.5, 0.6) is 0 Å². The van der Waals surface area contributed by atoms with Crippen LogP contribution in [0.1, 0.15) is 55.4 Å². The third-order valence-electron chi connectivity index (χ3n) is 6.41. The fourth-order valence-corrected chi connectivity index (χ4v) is 4.95. The Morgan fingerprint density at radius 2 is 0.830 bits per heavy atom. The zero-order valence-electron chi connectivity index (χ0n) is 27.1. The second kappa shape index (κ2) is 17.5. The van der Waals surface area contributed by atoms with E-state index >= 15 is 0 Å². The van der Waals surface area contributed by atoms with Crippen LogP contribution in [0.3, 0.4) is 0 Å². The quantitative estimate of drug-likeness (QED) is 0.173. The molecule has 2 fully saturated rings. The molecule has 2 amide bonds. The first-order valence-electron chi connectivity index (χ1n) is 14.4. The number of hydrogen-bond donors (Lipinski definition) is 2. The Bertz CT molecular complexity index is 1210. The number of ether oxygens (including phenoxy) is 9. The number of hydrogen-bond acceptors (Lipinski definition) is 17. The lowest BCUT2D eigenvalue weighted by molar-refractivity contribution is -0.330. The smallest absolute Gasteiger partial charge is 0.305 e. The second-order valence-electron chi connectivity index (χ2n) is 10.6. The molecule has 0 radical (unpaired) electrons. The van der Waals surface area contributed by atoms with Gasteiger partial charge in [-0.15, -0.1) is 0 Å². The topological polar surface area (TPSA) is 244 Å². The average Bonchev–Trinajstić information content (AvgIpc) is 2.91. The molecule has 0 aromatic heterocycles. The van der Waals surface area contributed by atoms with Crippen molar-refractivity contribution >= 4 is 47.6 Å². The van der Waals surface area contributed by atoms with Crippen LogP contribution in [0.25, 0.3) is 0 Å². The predicted octanol–water partition coefficient (Wildman–Crippen LogP) is -1.68. The SMILES string of the molecule is CC(=O)NC1C(OC2C(COC(C)=O)OC(OC(C)=O)C(NC(C)=O)C2OC(C)=O)OC(COC(C)=O)C(OC(C)=O)C1OC(C)=O. The van der Waals surface area contributed by atoms with Gasteiger partial charge in [0.2, 0.25) is 18.1 Å². The molecule has 47 heavy (non-hydrogen) atoms. The van der Waals surface area contributed by atoms with Crippen LogP contribution in [-0.2, 0) is 81.0 Å². The van der Waals surface area contributed by atoms with Gasteiger partial charge in [0, 0.05) is 55.4 Å². The number of esters is 6. The van der Waals surface area contributed by atoms with Crippen molar-refractivity contribution < 1.29 is 81.0 Å². The first-order valence-corrected chi connectivity index (χ1v) is 14.4. The largest absolute Gasteiger partial charge is 0.463 e. The number of amides is 2. The fraction of sp³-hybridized carbons (Fsp3) is 0.714. The Morgan fingerprint density at radius 3 is 1.23 bits per heavy atom. The first kappa shape index (κ1) is 38.8. The summed E-state index contributed by atoms with van der Waals surface area (Å²) in [5.41, 5.74) is 0. The van der Waals surface area contributed by atoms with Crippen LogP contribution >= 0.6 is 0 Å². The summed E-state index contributed by atoms with van der Waals surface area (Å²) >= 11 is 0.